The number of nitrogens with two attached hydrogens (primary N) is 1. The van der Waals surface area contributed by atoms with Crippen molar-refractivity contribution in [3.63, 3.8) is 0 Å². The van der Waals surface area contributed by atoms with Crippen LogP contribution in [0.25, 0.3) is 0 Å². The van der Waals surface area contributed by atoms with Crippen molar-refractivity contribution in [2.45, 2.75) is 18.9 Å². The second kappa shape index (κ2) is 5.61. The Bertz CT molecular complexity index is 334. The van der Waals surface area contributed by atoms with Gasteiger partial charge in [-0.25, -0.2) is 8.78 Å². The zero-order valence-electron chi connectivity index (χ0n) is 7.68. The molecule has 1 rings (SSSR count). The lowest BCUT2D eigenvalue weighted by Gasteiger charge is -2.15. The molecule has 1 atom stereocenters. The minimum absolute atomic E-state index is 0.0353. The summed E-state index contributed by atoms with van der Waals surface area (Å²) in [6.45, 7) is 0. The molecule has 15 heavy (non-hydrogen) atoms. The molecule has 3 N–H and O–H groups in total. The maximum absolute atomic E-state index is 12.4. The molecule has 0 fully saturated rings. The fourth-order valence-corrected chi connectivity index (χ4v) is 1.56. The average Bonchev–Trinajstić information content (AvgIpc) is 2.19. The number of hydrogen-bond acceptors (Lipinski definition) is 2. The van der Waals surface area contributed by atoms with Crippen molar-refractivity contribution in [1.82, 2.24) is 5.43 Å². The first-order valence-corrected chi connectivity index (χ1v) is 4.99. The normalized spacial score (nSPS) is 13.2. The molecule has 0 bridgehead atoms. The Labute approximate surface area is 96.3 Å². The zero-order chi connectivity index (χ0) is 11.4. The van der Waals surface area contributed by atoms with E-state index in [1.807, 2.05) is 5.43 Å². The second-order valence-corrected chi connectivity index (χ2v) is 3.81. The van der Waals surface area contributed by atoms with Gasteiger partial charge in [-0.2, -0.15) is 0 Å². The first-order valence-electron chi connectivity index (χ1n) is 4.23. The van der Waals surface area contributed by atoms with E-state index in [4.69, 9.17) is 29.0 Å². The first-order chi connectivity index (χ1) is 7.06. The van der Waals surface area contributed by atoms with Crippen molar-refractivity contribution in [2.75, 3.05) is 0 Å². The zero-order valence-corrected chi connectivity index (χ0v) is 9.19. The Kier molecular flexibility index (Phi) is 4.73. The predicted molar refractivity (Wildman–Crippen MR) is 57.3 cm³/mol. The Morgan fingerprint density at radius 2 is 2.00 bits per heavy atom. The van der Waals surface area contributed by atoms with Gasteiger partial charge in [-0.05, 0) is 18.1 Å². The molecular weight excluding hydrogens is 245 g/mol. The van der Waals surface area contributed by atoms with Gasteiger partial charge in [0.15, 0.2) is 0 Å². The van der Waals surface area contributed by atoms with Crippen molar-refractivity contribution < 1.29 is 8.78 Å². The Balaban J connectivity index is 2.84. The van der Waals surface area contributed by atoms with Gasteiger partial charge in [0.2, 0.25) is 0 Å². The molecule has 0 heterocycles. The molecule has 0 saturated carbocycles. The molecule has 0 aromatic heterocycles. The smallest absolute Gasteiger partial charge is 0.255 e. The van der Waals surface area contributed by atoms with Crippen LogP contribution in [0.15, 0.2) is 18.2 Å². The largest absolute Gasteiger partial charge is 0.271 e. The summed E-state index contributed by atoms with van der Waals surface area (Å²) < 4.78 is 24.8. The molecule has 84 valence electrons. The van der Waals surface area contributed by atoms with Gasteiger partial charge in [0, 0.05) is 0 Å². The van der Waals surface area contributed by atoms with Gasteiger partial charge in [-0.1, -0.05) is 35.3 Å². The molecule has 1 unspecified atom stereocenters. The van der Waals surface area contributed by atoms with E-state index in [0.29, 0.717) is 15.6 Å². The molecular formula is C9H10Cl2F2N2. The van der Waals surface area contributed by atoms with E-state index in [9.17, 15) is 8.78 Å². The van der Waals surface area contributed by atoms with Crippen LogP contribution in [0.3, 0.4) is 0 Å². The van der Waals surface area contributed by atoms with Crippen LogP contribution in [-0.4, -0.2) is 12.5 Å². The maximum Gasteiger partial charge on any atom is 0.255 e. The van der Waals surface area contributed by atoms with Gasteiger partial charge in [-0.3, -0.25) is 11.3 Å². The molecule has 0 aliphatic rings. The summed E-state index contributed by atoms with van der Waals surface area (Å²) in [5.41, 5.74) is 2.59. The third-order valence-electron chi connectivity index (χ3n) is 1.99. The van der Waals surface area contributed by atoms with Crippen LogP contribution in [0.5, 0.6) is 0 Å². The summed E-state index contributed by atoms with van der Waals surface area (Å²) >= 11 is 11.6. The van der Waals surface area contributed by atoms with Crippen molar-refractivity contribution in [2.24, 2.45) is 5.84 Å². The van der Waals surface area contributed by atoms with E-state index in [-0.39, 0.29) is 6.42 Å². The number of benzene rings is 1. The highest BCUT2D eigenvalue weighted by atomic mass is 35.5. The van der Waals surface area contributed by atoms with Crippen LogP contribution >= 0.6 is 23.2 Å². The van der Waals surface area contributed by atoms with Crippen LogP contribution in [0.2, 0.25) is 10.0 Å². The van der Waals surface area contributed by atoms with Gasteiger partial charge in [0.1, 0.15) is 0 Å². The molecule has 0 radical (unpaired) electrons. The third kappa shape index (κ3) is 3.28. The summed E-state index contributed by atoms with van der Waals surface area (Å²) in [7, 11) is 0. The minimum atomic E-state index is -2.55. The first kappa shape index (κ1) is 12.6. The van der Waals surface area contributed by atoms with E-state index < -0.39 is 12.5 Å². The molecule has 1 aromatic carbocycles. The number of nitrogens with one attached hydrogen (secondary N) is 1. The molecule has 0 aliphatic carbocycles. The summed E-state index contributed by atoms with van der Waals surface area (Å²) in [5.74, 6) is 5.00. The maximum atomic E-state index is 12.4. The molecule has 0 aliphatic heterocycles. The van der Waals surface area contributed by atoms with Gasteiger partial charge in [0.05, 0.1) is 16.1 Å². The number of alkyl halides is 2. The lowest BCUT2D eigenvalue weighted by atomic mass is 10.1. The van der Waals surface area contributed by atoms with Gasteiger partial charge in [-0.15, -0.1) is 0 Å². The van der Waals surface area contributed by atoms with E-state index in [2.05, 4.69) is 0 Å². The van der Waals surface area contributed by atoms with Crippen LogP contribution in [0.4, 0.5) is 8.78 Å². The number of hydrogen-bond donors (Lipinski definition) is 2. The van der Waals surface area contributed by atoms with Crippen molar-refractivity contribution in [1.29, 1.82) is 0 Å². The lowest BCUT2D eigenvalue weighted by Crippen LogP contribution is -2.42. The monoisotopic (exact) mass is 254 g/mol. The SMILES string of the molecule is NNC(Cc1cccc(Cl)c1Cl)C(F)F. The van der Waals surface area contributed by atoms with Crippen molar-refractivity contribution in [3.05, 3.63) is 33.8 Å². The standard InChI is InChI=1S/C9H10Cl2F2N2/c10-6-3-1-2-5(8(6)11)4-7(15-14)9(12)13/h1-3,7,9,15H,4,14H2. The number of rotatable bonds is 4. The highest BCUT2D eigenvalue weighted by molar-refractivity contribution is 6.42. The predicted octanol–water partition coefficient (Wildman–Crippen LogP) is 2.63. The Morgan fingerprint density at radius 1 is 1.33 bits per heavy atom. The topological polar surface area (TPSA) is 38.0 Å². The highest BCUT2D eigenvalue weighted by Crippen LogP contribution is 2.26. The lowest BCUT2D eigenvalue weighted by molar-refractivity contribution is 0.0984. The van der Waals surface area contributed by atoms with Crippen molar-refractivity contribution >= 4 is 23.2 Å². The number of halogens is 4. The van der Waals surface area contributed by atoms with Crippen LogP contribution < -0.4 is 11.3 Å². The molecule has 0 spiro atoms. The Morgan fingerprint density at radius 3 is 2.53 bits per heavy atom. The molecule has 6 heteroatoms. The summed E-state index contributed by atoms with van der Waals surface area (Å²) in [6, 6.07) is 3.77. The van der Waals surface area contributed by atoms with Gasteiger partial charge < -0.3 is 0 Å². The van der Waals surface area contributed by atoms with E-state index in [1.54, 1.807) is 18.2 Å². The fraction of sp³-hybridized carbons (Fsp3) is 0.333. The van der Waals surface area contributed by atoms with Crippen LogP contribution in [0, 0.1) is 0 Å². The van der Waals surface area contributed by atoms with Crippen LogP contribution in [0.1, 0.15) is 5.56 Å². The van der Waals surface area contributed by atoms with Crippen molar-refractivity contribution in [3.8, 4) is 0 Å². The van der Waals surface area contributed by atoms with Gasteiger partial charge in [0.25, 0.3) is 6.43 Å². The molecule has 0 amide bonds. The molecule has 0 saturated heterocycles. The van der Waals surface area contributed by atoms with E-state index in [0.717, 1.165) is 0 Å². The summed E-state index contributed by atoms with van der Waals surface area (Å²) in [5, 5.41) is 0.638. The van der Waals surface area contributed by atoms with E-state index >= 15 is 0 Å². The minimum Gasteiger partial charge on any atom is -0.271 e. The number of hydrazine groups is 1. The van der Waals surface area contributed by atoms with Gasteiger partial charge >= 0.3 is 0 Å². The Hall–Kier alpha value is -0.420. The summed E-state index contributed by atoms with van der Waals surface area (Å²) in [4.78, 5) is 0. The molecule has 1 aromatic rings. The second-order valence-electron chi connectivity index (χ2n) is 3.02. The highest BCUT2D eigenvalue weighted by Gasteiger charge is 2.20. The third-order valence-corrected chi connectivity index (χ3v) is 2.85. The van der Waals surface area contributed by atoms with Crippen LogP contribution in [-0.2, 0) is 6.42 Å². The quantitative estimate of drug-likeness (QED) is 0.641. The summed E-state index contributed by atoms with van der Waals surface area (Å²) in [6.07, 6.45) is -2.52. The molecule has 2 nitrogen and oxygen atoms in total. The van der Waals surface area contributed by atoms with E-state index in [1.165, 1.54) is 0 Å². The average molecular weight is 255 g/mol. The fourth-order valence-electron chi connectivity index (χ4n) is 1.16.